The van der Waals surface area contributed by atoms with Crippen LogP contribution in [-0.2, 0) is 0 Å². The zero-order valence-electron chi connectivity index (χ0n) is 11.4. The molecule has 1 saturated heterocycles. The molecule has 1 aromatic rings. The number of aromatic nitrogens is 1. The molecule has 4 nitrogen and oxygen atoms in total. The van der Waals surface area contributed by atoms with E-state index in [9.17, 15) is 0 Å². The van der Waals surface area contributed by atoms with Crippen LogP contribution in [0.3, 0.4) is 0 Å². The first kappa shape index (κ1) is 13.5. The Labute approximate surface area is 110 Å². The molecule has 0 aliphatic carbocycles. The van der Waals surface area contributed by atoms with Crippen LogP contribution in [0.25, 0.3) is 0 Å². The van der Waals surface area contributed by atoms with Crippen molar-refractivity contribution in [2.24, 2.45) is 5.73 Å². The molecule has 2 atom stereocenters. The lowest BCUT2D eigenvalue weighted by atomic mass is 10.0. The predicted molar refractivity (Wildman–Crippen MR) is 74.3 cm³/mol. The van der Waals surface area contributed by atoms with Crippen LogP contribution < -0.4 is 5.73 Å². The third-order valence-electron chi connectivity index (χ3n) is 3.81. The maximum Gasteiger partial charge on any atom is 0.0474 e. The largest absolute Gasteiger partial charge is 0.329 e. The van der Waals surface area contributed by atoms with E-state index in [-0.39, 0.29) is 0 Å². The highest BCUT2D eigenvalue weighted by molar-refractivity contribution is 5.16. The van der Waals surface area contributed by atoms with Crippen LogP contribution in [0.15, 0.2) is 24.5 Å². The average molecular weight is 248 g/mol. The first-order chi connectivity index (χ1) is 8.72. The molecule has 0 amide bonds. The summed E-state index contributed by atoms with van der Waals surface area (Å²) in [6, 6.07) is 5.02. The second kappa shape index (κ2) is 6.27. The highest BCUT2D eigenvalue weighted by Crippen LogP contribution is 2.23. The summed E-state index contributed by atoms with van der Waals surface area (Å²) in [5.74, 6) is 0. The van der Waals surface area contributed by atoms with Gasteiger partial charge in [-0.3, -0.25) is 9.88 Å². The Hall–Kier alpha value is -0.970. The van der Waals surface area contributed by atoms with E-state index in [1.807, 2.05) is 12.4 Å². The van der Waals surface area contributed by atoms with Crippen molar-refractivity contribution in [3.8, 4) is 0 Å². The molecule has 1 aromatic heterocycles. The van der Waals surface area contributed by atoms with E-state index in [1.165, 1.54) is 18.5 Å². The summed E-state index contributed by atoms with van der Waals surface area (Å²) in [4.78, 5) is 9.04. The topological polar surface area (TPSA) is 45.4 Å². The first-order valence-electron chi connectivity index (χ1n) is 6.76. The van der Waals surface area contributed by atoms with Crippen molar-refractivity contribution >= 4 is 0 Å². The third kappa shape index (κ3) is 3.07. The van der Waals surface area contributed by atoms with E-state index in [1.54, 1.807) is 0 Å². The van der Waals surface area contributed by atoms with Gasteiger partial charge >= 0.3 is 0 Å². The Bertz CT molecular complexity index is 354. The summed E-state index contributed by atoms with van der Waals surface area (Å²) in [7, 11) is 2.20. The minimum Gasteiger partial charge on any atom is -0.329 e. The first-order valence-corrected chi connectivity index (χ1v) is 6.76. The predicted octanol–water partition coefficient (Wildman–Crippen LogP) is 1.11. The maximum absolute atomic E-state index is 6.01. The van der Waals surface area contributed by atoms with E-state index >= 15 is 0 Å². The van der Waals surface area contributed by atoms with Gasteiger partial charge in [0, 0.05) is 44.1 Å². The quantitative estimate of drug-likeness (QED) is 0.870. The smallest absolute Gasteiger partial charge is 0.0474 e. The highest BCUT2D eigenvalue weighted by Gasteiger charge is 2.26. The normalized spacial score (nSPS) is 24.7. The lowest BCUT2D eigenvalue weighted by Gasteiger charge is -2.35. The van der Waals surface area contributed by atoms with Gasteiger partial charge in [-0.05, 0) is 44.6 Å². The molecule has 1 aliphatic rings. The summed E-state index contributed by atoms with van der Waals surface area (Å²) < 4.78 is 0. The van der Waals surface area contributed by atoms with E-state index in [2.05, 4.69) is 40.9 Å². The Balaban J connectivity index is 2.16. The van der Waals surface area contributed by atoms with Crippen molar-refractivity contribution in [1.82, 2.24) is 14.8 Å². The summed E-state index contributed by atoms with van der Waals surface area (Å²) in [5.41, 5.74) is 7.29. The van der Waals surface area contributed by atoms with E-state index in [4.69, 9.17) is 5.73 Å². The lowest BCUT2D eigenvalue weighted by molar-refractivity contribution is 0.146. The molecule has 0 saturated carbocycles. The number of nitrogens with zero attached hydrogens (tertiary/aromatic N) is 3. The number of hydrogen-bond acceptors (Lipinski definition) is 4. The van der Waals surface area contributed by atoms with Crippen LogP contribution >= 0.6 is 0 Å². The standard InChI is InChI=1S/C14H24N4/c1-12-11-17(2)8-3-9-18(12)14(10-15)13-4-6-16-7-5-13/h4-7,12,14H,3,8-11,15H2,1-2H3. The van der Waals surface area contributed by atoms with Gasteiger partial charge in [0.1, 0.15) is 0 Å². The lowest BCUT2D eigenvalue weighted by Crippen LogP contribution is -2.42. The number of hydrogen-bond donors (Lipinski definition) is 1. The maximum atomic E-state index is 6.01. The van der Waals surface area contributed by atoms with Crippen molar-refractivity contribution in [3.63, 3.8) is 0 Å². The zero-order valence-corrected chi connectivity index (χ0v) is 11.4. The fourth-order valence-electron chi connectivity index (χ4n) is 2.90. The molecular formula is C14H24N4. The van der Waals surface area contributed by atoms with Crippen molar-refractivity contribution in [2.75, 3.05) is 33.2 Å². The third-order valence-corrected chi connectivity index (χ3v) is 3.81. The van der Waals surface area contributed by atoms with Gasteiger partial charge < -0.3 is 10.6 Å². The molecule has 0 spiro atoms. The zero-order chi connectivity index (χ0) is 13.0. The molecule has 2 rings (SSSR count). The Kier molecular flexibility index (Phi) is 4.69. The molecule has 0 bridgehead atoms. The SMILES string of the molecule is CC1CN(C)CCCN1C(CN)c1ccncc1. The van der Waals surface area contributed by atoms with Crippen molar-refractivity contribution in [2.45, 2.75) is 25.4 Å². The van der Waals surface area contributed by atoms with Crippen molar-refractivity contribution in [3.05, 3.63) is 30.1 Å². The van der Waals surface area contributed by atoms with Crippen LogP contribution in [-0.4, -0.2) is 54.1 Å². The molecular weight excluding hydrogens is 224 g/mol. The number of nitrogens with two attached hydrogens (primary N) is 1. The fourth-order valence-corrected chi connectivity index (χ4v) is 2.90. The highest BCUT2D eigenvalue weighted by atomic mass is 15.3. The Morgan fingerprint density at radius 3 is 2.78 bits per heavy atom. The number of pyridine rings is 1. The van der Waals surface area contributed by atoms with Gasteiger partial charge in [-0.1, -0.05) is 0 Å². The summed E-state index contributed by atoms with van der Waals surface area (Å²) in [6.07, 6.45) is 4.92. The van der Waals surface area contributed by atoms with Gasteiger partial charge in [-0.25, -0.2) is 0 Å². The van der Waals surface area contributed by atoms with Gasteiger partial charge in [0.2, 0.25) is 0 Å². The van der Waals surface area contributed by atoms with Crippen molar-refractivity contribution in [1.29, 1.82) is 0 Å². The van der Waals surface area contributed by atoms with E-state index in [0.29, 0.717) is 18.6 Å². The van der Waals surface area contributed by atoms with Crippen LogP contribution in [0.4, 0.5) is 0 Å². The fraction of sp³-hybridized carbons (Fsp3) is 0.643. The summed E-state index contributed by atoms with van der Waals surface area (Å²) in [5, 5.41) is 0. The molecule has 100 valence electrons. The van der Waals surface area contributed by atoms with Crippen LogP contribution in [0.2, 0.25) is 0 Å². The molecule has 1 aliphatic heterocycles. The van der Waals surface area contributed by atoms with Gasteiger partial charge in [0.15, 0.2) is 0 Å². The van der Waals surface area contributed by atoms with E-state index < -0.39 is 0 Å². The molecule has 2 unspecified atom stereocenters. The molecule has 1 fully saturated rings. The molecule has 0 aromatic carbocycles. The number of likely N-dealkylation sites (N-methyl/N-ethyl adjacent to an activating group) is 1. The Morgan fingerprint density at radius 2 is 2.11 bits per heavy atom. The van der Waals surface area contributed by atoms with Gasteiger partial charge in [-0.2, -0.15) is 0 Å². The molecule has 4 heteroatoms. The molecule has 18 heavy (non-hydrogen) atoms. The summed E-state index contributed by atoms with van der Waals surface area (Å²) >= 11 is 0. The van der Waals surface area contributed by atoms with Crippen LogP contribution in [0.5, 0.6) is 0 Å². The molecule has 2 N–H and O–H groups in total. The van der Waals surface area contributed by atoms with E-state index in [0.717, 1.165) is 13.1 Å². The molecule has 2 heterocycles. The van der Waals surface area contributed by atoms with Crippen LogP contribution in [0, 0.1) is 0 Å². The van der Waals surface area contributed by atoms with Gasteiger partial charge in [0.05, 0.1) is 0 Å². The van der Waals surface area contributed by atoms with Gasteiger partial charge in [-0.15, -0.1) is 0 Å². The van der Waals surface area contributed by atoms with Gasteiger partial charge in [0.25, 0.3) is 0 Å². The minimum atomic E-state index is 0.314. The molecule has 0 radical (unpaired) electrons. The Morgan fingerprint density at radius 1 is 1.39 bits per heavy atom. The second-order valence-corrected chi connectivity index (χ2v) is 5.23. The minimum absolute atomic E-state index is 0.314. The second-order valence-electron chi connectivity index (χ2n) is 5.23. The average Bonchev–Trinajstić information content (AvgIpc) is 2.54. The monoisotopic (exact) mass is 248 g/mol. The van der Waals surface area contributed by atoms with Crippen LogP contribution in [0.1, 0.15) is 24.9 Å². The summed E-state index contributed by atoms with van der Waals surface area (Å²) in [6.45, 7) is 6.37. The van der Waals surface area contributed by atoms with Crippen molar-refractivity contribution < 1.29 is 0 Å². The number of rotatable bonds is 3.